The summed E-state index contributed by atoms with van der Waals surface area (Å²) in [6.45, 7) is 62.6. The maximum atomic E-state index is 4.91. The van der Waals surface area contributed by atoms with Gasteiger partial charge >= 0.3 is 0 Å². The van der Waals surface area contributed by atoms with Gasteiger partial charge in [0.25, 0.3) is 0 Å². The lowest BCUT2D eigenvalue weighted by atomic mass is 9.73. The van der Waals surface area contributed by atoms with Crippen LogP contribution in [-0.2, 0) is 0 Å². The smallest absolute Gasteiger partial charge is 0.00794 e. The molecule has 4 unspecified atom stereocenters. The Kier molecular flexibility index (Phi) is 10.7. The second kappa shape index (κ2) is 15.3. The molecule has 3 aromatic rings. The first-order chi connectivity index (χ1) is 30.8. The second-order valence-electron chi connectivity index (χ2n) is 22.3. The van der Waals surface area contributed by atoms with Gasteiger partial charge in [0.05, 0.1) is 0 Å². The van der Waals surface area contributed by atoms with Crippen molar-refractivity contribution in [1.82, 2.24) is 0 Å². The molecule has 9 rings (SSSR count). The van der Waals surface area contributed by atoms with Crippen molar-refractivity contribution in [2.24, 2.45) is 11.8 Å². The third-order valence-corrected chi connectivity index (χ3v) is 20.0. The first-order valence-corrected chi connectivity index (χ1v) is 25.2. The maximum absolute atomic E-state index is 4.91. The van der Waals surface area contributed by atoms with Gasteiger partial charge in [-0.15, -0.1) is 0 Å². The Morgan fingerprint density at radius 1 is 0.303 bits per heavy atom. The number of hydrogen-bond donors (Lipinski definition) is 0. The van der Waals surface area contributed by atoms with E-state index >= 15 is 0 Å². The van der Waals surface area contributed by atoms with E-state index in [0.29, 0.717) is 5.92 Å². The van der Waals surface area contributed by atoms with E-state index in [1.54, 1.807) is 16.7 Å². The third-order valence-electron chi connectivity index (χ3n) is 20.0. The van der Waals surface area contributed by atoms with Crippen molar-refractivity contribution in [2.45, 2.75) is 177 Å². The summed E-state index contributed by atoms with van der Waals surface area (Å²) in [7, 11) is 0. The van der Waals surface area contributed by atoms with Crippen LogP contribution in [0.15, 0.2) is 102 Å². The quantitative estimate of drug-likeness (QED) is 0.240. The van der Waals surface area contributed by atoms with E-state index in [9.17, 15) is 0 Å². The van der Waals surface area contributed by atoms with Crippen molar-refractivity contribution >= 4 is 11.1 Å². The SMILES string of the molecule is C=C1C2=C(C3=C(C)C(C)=C(C4=C(C)c5c(-c6c(C)c(C)c(C)c(C)c6C)c6c(c(-c7c(C)c(C)c(C)c(C)c7C)c5C4C)C(C)=C(C)C6C)C3)C(C)C(=C)C2=C(C2=C(C)C(C)=C(C)C2)C1C. The summed E-state index contributed by atoms with van der Waals surface area (Å²) >= 11 is 0. The minimum atomic E-state index is 0.211. The molecule has 0 spiro atoms. The predicted octanol–water partition coefficient (Wildman–Crippen LogP) is 19.0. The minimum Gasteiger partial charge on any atom is -0.0946 e. The molecule has 66 heavy (non-hydrogen) atoms. The Balaban J connectivity index is 1.32. The molecule has 3 aromatic carbocycles. The largest absolute Gasteiger partial charge is 0.0946 e. The van der Waals surface area contributed by atoms with Crippen LogP contribution in [0.4, 0.5) is 0 Å². The van der Waals surface area contributed by atoms with Crippen LogP contribution in [0, 0.1) is 81.1 Å². The van der Waals surface area contributed by atoms with Crippen molar-refractivity contribution in [2.75, 3.05) is 0 Å². The number of fused-ring (bicyclic) bond motifs is 3. The van der Waals surface area contributed by atoms with E-state index in [4.69, 9.17) is 13.2 Å². The Morgan fingerprint density at radius 3 is 1.03 bits per heavy atom. The van der Waals surface area contributed by atoms with Gasteiger partial charge in [-0.1, -0.05) is 52.0 Å². The molecule has 0 N–H and O–H groups in total. The molecule has 6 aliphatic rings. The second-order valence-corrected chi connectivity index (χ2v) is 22.3. The van der Waals surface area contributed by atoms with Gasteiger partial charge in [-0.25, -0.2) is 0 Å². The molecule has 0 radical (unpaired) electrons. The lowest BCUT2D eigenvalue weighted by Gasteiger charge is -2.30. The van der Waals surface area contributed by atoms with Gasteiger partial charge in [0.2, 0.25) is 0 Å². The molecule has 0 heteroatoms. The zero-order valence-corrected chi connectivity index (χ0v) is 45.1. The van der Waals surface area contributed by atoms with Gasteiger partial charge in [0.1, 0.15) is 0 Å². The van der Waals surface area contributed by atoms with Gasteiger partial charge < -0.3 is 0 Å². The highest BCUT2D eigenvalue weighted by Crippen LogP contribution is 2.64. The monoisotopic (exact) mass is 871 g/mol. The number of rotatable bonds is 5. The average Bonchev–Trinajstić information content (AvgIpc) is 4.02. The van der Waals surface area contributed by atoms with Gasteiger partial charge in [-0.2, -0.15) is 0 Å². The van der Waals surface area contributed by atoms with Crippen molar-refractivity contribution < 1.29 is 0 Å². The lowest BCUT2D eigenvalue weighted by Crippen LogP contribution is -2.11. The van der Waals surface area contributed by atoms with Gasteiger partial charge in [0, 0.05) is 23.7 Å². The van der Waals surface area contributed by atoms with Crippen molar-refractivity contribution in [3.05, 3.63) is 180 Å². The summed E-state index contributed by atoms with van der Waals surface area (Å²) in [4.78, 5) is 0. The molecule has 0 fully saturated rings. The maximum Gasteiger partial charge on any atom is 0.00794 e. The number of benzene rings is 3. The van der Waals surface area contributed by atoms with Crippen LogP contribution in [-0.4, -0.2) is 0 Å². The van der Waals surface area contributed by atoms with Gasteiger partial charge in [-0.3, -0.25) is 0 Å². The fourth-order valence-electron chi connectivity index (χ4n) is 14.4. The van der Waals surface area contributed by atoms with E-state index in [0.717, 1.165) is 12.8 Å². The number of hydrogen-bond acceptors (Lipinski definition) is 0. The van der Waals surface area contributed by atoms with E-state index in [1.165, 1.54) is 184 Å². The molecule has 0 aromatic heterocycles. The van der Waals surface area contributed by atoms with Crippen LogP contribution in [0.5, 0.6) is 0 Å². The highest BCUT2D eigenvalue weighted by Gasteiger charge is 2.47. The summed E-state index contributed by atoms with van der Waals surface area (Å²) in [5, 5.41) is 0. The number of allylic oxidation sites excluding steroid dienone is 18. The molecule has 6 aliphatic carbocycles. The van der Waals surface area contributed by atoms with Crippen LogP contribution >= 0.6 is 0 Å². The molecule has 4 atom stereocenters. The Labute approximate surface area is 400 Å². The zero-order valence-electron chi connectivity index (χ0n) is 45.1. The van der Waals surface area contributed by atoms with Crippen LogP contribution in [0.1, 0.15) is 186 Å². The molecular formula is C66H78. The fraction of sp³-hybridized carbons (Fsp3) is 0.424. The van der Waals surface area contributed by atoms with Crippen molar-refractivity contribution in [3.8, 4) is 22.3 Å². The first kappa shape index (κ1) is 46.2. The van der Waals surface area contributed by atoms with Crippen LogP contribution in [0.25, 0.3) is 33.4 Å². The average molecular weight is 871 g/mol. The summed E-state index contributed by atoms with van der Waals surface area (Å²) < 4.78 is 0. The topological polar surface area (TPSA) is 0 Å². The van der Waals surface area contributed by atoms with Crippen LogP contribution in [0.3, 0.4) is 0 Å². The van der Waals surface area contributed by atoms with Crippen molar-refractivity contribution in [3.63, 3.8) is 0 Å². The summed E-state index contributed by atoms with van der Waals surface area (Å²) in [6, 6.07) is 0. The minimum absolute atomic E-state index is 0.211. The highest BCUT2D eigenvalue weighted by atomic mass is 14.5. The molecule has 0 heterocycles. The summed E-state index contributed by atoms with van der Waals surface area (Å²) in [5.74, 6) is 1.06. The third kappa shape index (κ3) is 5.69. The molecule has 0 aliphatic heterocycles. The van der Waals surface area contributed by atoms with E-state index < -0.39 is 0 Å². The predicted molar refractivity (Wildman–Crippen MR) is 289 cm³/mol. The van der Waals surface area contributed by atoms with E-state index in [-0.39, 0.29) is 17.8 Å². The normalized spacial score (nSPS) is 23.1. The zero-order chi connectivity index (χ0) is 48.5. The Hall–Kier alpha value is -4.94. The molecule has 342 valence electrons. The summed E-state index contributed by atoms with van der Waals surface area (Å²) in [5.41, 5.74) is 52.7. The van der Waals surface area contributed by atoms with E-state index in [1.807, 2.05) is 0 Å². The Morgan fingerprint density at radius 2 is 0.636 bits per heavy atom. The lowest BCUT2D eigenvalue weighted by molar-refractivity contribution is 0.802. The molecule has 0 amide bonds. The van der Waals surface area contributed by atoms with Crippen LogP contribution in [0.2, 0.25) is 0 Å². The van der Waals surface area contributed by atoms with Crippen molar-refractivity contribution in [1.29, 1.82) is 0 Å². The molecule has 0 saturated heterocycles. The molecule has 0 saturated carbocycles. The Bertz CT molecular complexity index is 3140. The van der Waals surface area contributed by atoms with Gasteiger partial charge in [0.15, 0.2) is 0 Å². The highest BCUT2D eigenvalue weighted by molar-refractivity contribution is 6.05. The fourth-order valence-corrected chi connectivity index (χ4v) is 14.4. The van der Waals surface area contributed by atoms with Gasteiger partial charge in [-0.05, 0) is 327 Å². The summed E-state index contributed by atoms with van der Waals surface area (Å²) in [6.07, 6.45) is 1.99. The first-order valence-electron chi connectivity index (χ1n) is 25.2. The molecule has 0 bridgehead atoms. The molecular weight excluding hydrogens is 793 g/mol. The molecule has 0 nitrogen and oxygen atoms in total. The standard InChI is InChI=1S/C66H78/c1-27-25-51(36(10)28(27)2)57-45(19)47(21)60-58(46(20)48(22)59(57)60)53-26-52(37(11)38(53)12)54-49(23)63-64(50(54)24)66(56-41(15)33(7)30(4)34(8)42(56)16)62-44(18)35(9)43(17)61(62)65(63)55-39(13)31(5)29(3)32(6)40(55)14/h43,45-46,50H,21-22,25-26H2,1-20,23-24H3. The van der Waals surface area contributed by atoms with E-state index in [2.05, 4.69) is 152 Å². The van der Waals surface area contributed by atoms with Crippen LogP contribution < -0.4 is 0 Å².